The second kappa shape index (κ2) is 8.75. The number of fused-ring (bicyclic) bond motifs is 1. The van der Waals surface area contributed by atoms with Crippen molar-refractivity contribution >= 4 is 22.9 Å². The topological polar surface area (TPSA) is 93.9 Å². The molecule has 2 aromatic carbocycles. The first-order chi connectivity index (χ1) is 14.6. The summed E-state index contributed by atoms with van der Waals surface area (Å²) >= 11 is 0. The average Bonchev–Trinajstić information content (AvgIpc) is 3.12. The molecule has 0 saturated heterocycles. The maximum Gasteiger partial charge on any atom is 0.262 e. The summed E-state index contributed by atoms with van der Waals surface area (Å²) in [6.07, 6.45) is 1.81. The molecule has 0 unspecified atom stereocenters. The van der Waals surface area contributed by atoms with Crippen LogP contribution in [0.15, 0.2) is 71.7 Å². The Bertz CT molecular complexity index is 1160. The molecule has 0 aliphatic heterocycles. The number of amides is 1. The van der Waals surface area contributed by atoms with Gasteiger partial charge in [-0.2, -0.15) is 4.98 Å². The molecule has 2 heterocycles. The highest BCUT2D eigenvalue weighted by Gasteiger charge is 2.15. The third kappa shape index (κ3) is 4.64. The zero-order valence-electron chi connectivity index (χ0n) is 16.7. The third-order valence-electron chi connectivity index (χ3n) is 4.81. The number of nitrogens with zero attached hydrogens (tertiary/aromatic N) is 2. The molecule has 7 heteroatoms. The van der Waals surface area contributed by atoms with Crippen molar-refractivity contribution in [2.75, 3.05) is 5.32 Å². The standard InChI is InChI=1S/C23H23N5O2/c1-16(29)25-23-26-21-20(22(30)27-23)19(12-24-21)15-28(13-17-8-4-2-5-9-17)14-18-10-6-3-7-11-18/h2-12H,13-15H2,1H3,(H3,24,25,26,27,29,30). The Morgan fingerprint density at radius 1 is 0.967 bits per heavy atom. The fourth-order valence-corrected chi connectivity index (χ4v) is 3.55. The van der Waals surface area contributed by atoms with Crippen LogP contribution in [0.2, 0.25) is 0 Å². The molecule has 7 nitrogen and oxygen atoms in total. The van der Waals surface area contributed by atoms with Crippen LogP contribution in [0.25, 0.3) is 11.0 Å². The minimum absolute atomic E-state index is 0.138. The van der Waals surface area contributed by atoms with E-state index in [2.05, 4.69) is 49.4 Å². The van der Waals surface area contributed by atoms with Crippen molar-refractivity contribution < 1.29 is 4.79 Å². The number of hydrogen-bond acceptors (Lipinski definition) is 4. The molecule has 0 fully saturated rings. The Kier molecular flexibility index (Phi) is 5.72. The van der Waals surface area contributed by atoms with Crippen LogP contribution in [0.4, 0.5) is 5.95 Å². The second-order valence-electron chi connectivity index (χ2n) is 7.25. The molecule has 30 heavy (non-hydrogen) atoms. The molecule has 0 radical (unpaired) electrons. The minimum Gasteiger partial charge on any atom is -0.346 e. The van der Waals surface area contributed by atoms with Gasteiger partial charge in [0.1, 0.15) is 5.65 Å². The van der Waals surface area contributed by atoms with Crippen LogP contribution in [0, 0.1) is 0 Å². The van der Waals surface area contributed by atoms with Gasteiger partial charge in [-0.1, -0.05) is 60.7 Å². The van der Waals surface area contributed by atoms with Gasteiger partial charge in [-0.25, -0.2) is 0 Å². The van der Waals surface area contributed by atoms with Crippen LogP contribution in [-0.2, 0) is 24.4 Å². The van der Waals surface area contributed by atoms with Crippen molar-refractivity contribution in [2.24, 2.45) is 0 Å². The molecule has 0 saturated carbocycles. The van der Waals surface area contributed by atoms with E-state index >= 15 is 0 Å². The zero-order valence-corrected chi connectivity index (χ0v) is 16.7. The molecular formula is C23H23N5O2. The van der Waals surface area contributed by atoms with Crippen LogP contribution in [0.1, 0.15) is 23.6 Å². The summed E-state index contributed by atoms with van der Waals surface area (Å²) < 4.78 is 0. The number of carbonyl (C=O) groups is 1. The lowest BCUT2D eigenvalue weighted by Gasteiger charge is -2.22. The van der Waals surface area contributed by atoms with Crippen molar-refractivity contribution in [3.05, 3.63) is 93.9 Å². The number of aromatic amines is 2. The van der Waals surface area contributed by atoms with E-state index < -0.39 is 0 Å². The van der Waals surface area contributed by atoms with Gasteiger partial charge >= 0.3 is 0 Å². The number of carbonyl (C=O) groups excluding carboxylic acids is 1. The lowest BCUT2D eigenvalue weighted by atomic mass is 10.1. The maximum absolute atomic E-state index is 12.7. The van der Waals surface area contributed by atoms with Gasteiger partial charge in [0.05, 0.1) is 5.39 Å². The first-order valence-corrected chi connectivity index (χ1v) is 9.76. The summed E-state index contributed by atoms with van der Waals surface area (Å²) in [6, 6.07) is 20.5. The number of anilines is 1. The summed E-state index contributed by atoms with van der Waals surface area (Å²) in [6.45, 7) is 3.44. The number of benzene rings is 2. The third-order valence-corrected chi connectivity index (χ3v) is 4.81. The van der Waals surface area contributed by atoms with Gasteiger partial charge in [0, 0.05) is 32.8 Å². The summed E-state index contributed by atoms with van der Waals surface area (Å²) in [5.74, 6) is -0.153. The van der Waals surface area contributed by atoms with Crippen molar-refractivity contribution in [1.82, 2.24) is 19.9 Å². The summed E-state index contributed by atoms with van der Waals surface area (Å²) in [7, 11) is 0. The molecule has 4 rings (SSSR count). The Morgan fingerprint density at radius 3 is 2.13 bits per heavy atom. The van der Waals surface area contributed by atoms with E-state index in [1.165, 1.54) is 18.1 Å². The molecule has 0 bridgehead atoms. The fourth-order valence-electron chi connectivity index (χ4n) is 3.55. The van der Waals surface area contributed by atoms with Crippen LogP contribution in [0.5, 0.6) is 0 Å². The number of nitrogens with one attached hydrogen (secondary N) is 3. The Hall–Kier alpha value is -3.71. The quantitative estimate of drug-likeness (QED) is 0.442. The van der Waals surface area contributed by atoms with Crippen molar-refractivity contribution in [3.8, 4) is 0 Å². The summed E-state index contributed by atoms with van der Waals surface area (Å²) in [4.78, 5) is 36.3. The van der Waals surface area contributed by atoms with Gasteiger partial charge in [-0.05, 0) is 16.7 Å². The van der Waals surface area contributed by atoms with Crippen molar-refractivity contribution in [1.29, 1.82) is 0 Å². The number of hydrogen-bond donors (Lipinski definition) is 3. The van der Waals surface area contributed by atoms with Gasteiger partial charge in [-0.3, -0.25) is 24.8 Å². The predicted molar refractivity (Wildman–Crippen MR) is 117 cm³/mol. The van der Waals surface area contributed by atoms with Crippen molar-refractivity contribution in [3.63, 3.8) is 0 Å². The number of rotatable bonds is 7. The first-order valence-electron chi connectivity index (χ1n) is 9.76. The van der Waals surface area contributed by atoms with Crippen LogP contribution < -0.4 is 10.9 Å². The molecule has 0 aliphatic carbocycles. The van der Waals surface area contributed by atoms with Gasteiger partial charge in [0.2, 0.25) is 11.9 Å². The zero-order chi connectivity index (χ0) is 20.9. The summed E-state index contributed by atoms with van der Waals surface area (Å²) in [5, 5.41) is 3.03. The predicted octanol–water partition coefficient (Wildman–Crippen LogP) is 3.41. The Morgan fingerprint density at radius 2 is 1.57 bits per heavy atom. The lowest BCUT2D eigenvalue weighted by molar-refractivity contribution is -0.114. The highest BCUT2D eigenvalue weighted by Crippen LogP contribution is 2.19. The highest BCUT2D eigenvalue weighted by molar-refractivity contribution is 5.88. The molecule has 2 aromatic heterocycles. The fraction of sp³-hybridized carbons (Fsp3) is 0.174. The molecule has 0 aliphatic rings. The van der Waals surface area contributed by atoms with E-state index in [-0.39, 0.29) is 17.4 Å². The van der Waals surface area contributed by atoms with Gasteiger partial charge in [0.25, 0.3) is 5.56 Å². The molecule has 1 amide bonds. The molecular weight excluding hydrogens is 378 g/mol. The van der Waals surface area contributed by atoms with E-state index in [0.717, 1.165) is 18.7 Å². The Balaban J connectivity index is 1.64. The lowest BCUT2D eigenvalue weighted by Crippen LogP contribution is -2.23. The number of H-pyrrole nitrogens is 2. The van der Waals surface area contributed by atoms with E-state index in [0.29, 0.717) is 17.6 Å². The highest BCUT2D eigenvalue weighted by atomic mass is 16.1. The van der Waals surface area contributed by atoms with Gasteiger partial charge in [0.15, 0.2) is 0 Å². The largest absolute Gasteiger partial charge is 0.346 e. The normalized spacial score (nSPS) is 11.1. The van der Waals surface area contributed by atoms with Crippen LogP contribution in [-0.4, -0.2) is 25.8 Å². The number of aromatic nitrogens is 3. The molecule has 4 aromatic rings. The second-order valence-corrected chi connectivity index (χ2v) is 7.25. The molecule has 0 atom stereocenters. The van der Waals surface area contributed by atoms with Gasteiger partial charge in [-0.15, -0.1) is 0 Å². The monoisotopic (exact) mass is 401 g/mol. The average molecular weight is 401 g/mol. The molecule has 0 spiro atoms. The van der Waals surface area contributed by atoms with Gasteiger partial charge < -0.3 is 4.98 Å². The van der Waals surface area contributed by atoms with E-state index in [4.69, 9.17) is 0 Å². The maximum atomic E-state index is 12.7. The smallest absolute Gasteiger partial charge is 0.262 e. The molecule has 152 valence electrons. The summed E-state index contributed by atoms with van der Waals surface area (Å²) in [5.41, 5.74) is 3.44. The minimum atomic E-state index is -0.291. The van der Waals surface area contributed by atoms with E-state index in [1.54, 1.807) is 0 Å². The SMILES string of the molecule is CC(=O)Nc1nc2[nH]cc(CN(Cc3ccccc3)Cc3ccccc3)c2c(=O)[nH]1. The van der Waals surface area contributed by atoms with E-state index in [9.17, 15) is 9.59 Å². The first kappa shape index (κ1) is 19.6. The Labute approximate surface area is 173 Å². The van der Waals surface area contributed by atoms with E-state index in [1.807, 2.05) is 42.6 Å². The van der Waals surface area contributed by atoms with Crippen molar-refractivity contribution in [2.45, 2.75) is 26.6 Å². The van der Waals surface area contributed by atoms with Crippen LogP contribution >= 0.6 is 0 Å². The molecule has 3 N–H and O–H groups in total. The van der Waals surface area contributed by atoms with Crippen LogP contribution in [0.3, 0.4) is 0 Å².